The van der Waals surface area contributed by atoms with Crippen LogP contribution in [-0.2, 0) is 14.8 Å². The van der Waals surface area contributed by atoms with Gasteiger partial charge in [-0.1, -0.05) is 26.0 Å². The van der Waals surface area contributed by atoms with Gasteiger partial charge < -0.3 is 5.11 Å². The van der Waals surface area contributed by atoms with Crippen LogP contribution in [0, 0.1) is 0 Å². The zero-order chi connectivity index (χ0) is 16.2. The number of sulfonamides is 1. The van der Waals surface area contributed by atoms with Gasteiger partial charge in [0, 0.05) is 12.6 Å². The number of benzene rings is 1. The second-order valence-corrected chi connectivity index (χ2v) is 7.47. The van der Waals surface area contributed by atoms with Crippen LogP contribution < -0.4 is 0 Å². The van der Waals surface area contributed by atoms with Gasteiger partial charge in [-0.3, -0.25) is 4.79 Å². The van der Waals surface area contributed by atoms with E-state index in [1.165, 1.54) is 4.31 Å². The number of carboxylic acids is 1. The van der Waals surface area contributed by atoms with Gasteiger partial charge in [0.05, 0.1) is 11.3 Å². The van der Waals surface area contributed by atoms with Gasteiger partial charge in [-0.25, -0.2) is 8.42 Å². The Labute approximate surface area is 126 Å². The van der Waals surface area contributed by atoms with Crippen molar-refractivity contribution in [2.75, 3.05) is 6.54 Å². The highest BCUT2D eigenvalue weighted by Gasteiger charge is 2.27. The number of hydrogen-bond acceptors (Lipinski definition) is 3. The van der Waals surface area contributed by atoms with Crippen molar-refractivity contribution in [2.45, 2.75) is 51.0 Å². The highest BCUT2D eigenvalue weighted by Crippen LogP contribution is 2.21. The molecule has 1 N–H and O–H groups in total. The second kappa shape index (κ2) is 7.04. The van der Waals surface area contributed by atoms with Crippen molar-refractivity contribution < 1.29 is 18.3 Å². The van der Waals surface area contributed by atoms with Crippen LogP contribution >= 0.6 is 0 Å². The first-order valence-electron chi connectivity index (χ1n) is 7.00. The van der Waals surface area contributed by atoms with Gasteiger partial charge in [-0.15, -0.1) is 0 Å². The van der Waals surface area contributed by atoms with Crippen molar-refractivity contribution >= 4 is 16.0 Å². The summed E-state index contributed by atoms with van der Waals surface area (Å²) < 4.78 is 26.4. The van der Waals surface area contributed by atoms with E-state index in [4.69, 9.17) is 5.11 Å². The lowest BCUT2D eigenvalue weighted by molar-refractivity contribution is -0.137. The molecule has 5 nitrogen and oxygen atoms in total. The van der Waals surface area contributed by atoms with Gasteiger partial charge in [0.15, 0.2) is 0 Å². The van der Waals surface area contributed by atoms with Crippen molar-refractivity contribution in [2.24, 2.45) is 0 Å². The normalized spacial score (nSPS) is 12.3. The summed E-state index contributed by atoms with van der Waals surface area (Å²) in [5.41, 5.74) is 1.07. The van der Waals surface area contributed by atoms with Gasteiger partial charge in [-0.2, -0.15) is 4.31 Å². The van der Waals surface area contributed by atoms with E-state index < -0.39 is 16.0 Å². The highest BCUT2D eigenvalue weighted by molar-refractivity contribution is 7.89. The Hall–Kier alpha value is -1.40. The predicted octanol–water partition coefficient (Wildman–Crippen LogP) is 2.68. The van der Waals surface area contributed by atoms with E-state index >= 15 is 0 Å². The molecule has 0 fully saturated rings. The van der Waals surface area contributed by atoms with Crippen molar-refractivity contribution in [1.82, 2.24) is 4.31 Å². The fourth-order valence-corrected chi connectivity index (χ4v) is 3.66. The van der Waals surface area contributed by atoms with Crippen molar-refractivity contribution in [1.29, 1.82) is 0 Å². The third-order valence-electron chi connectivity index (χ3n) is 3.28. The maximum Gasteiger partial charge on any atom is 0.304 e. The fourth-order valence-electron chi connectivity index (χ4n) is 2.02. The molecule has 1 rings (SSSR count). The van der Waals surface area contributed by atoms with Crippen LogP contribution in [0.2, 0.25) is 0 Å². The van der Waals surface area contributed by atoms with Crippen LogP contribution in [0.15, 0.2) is 29.2 Å². The van der Waals surface area contributed by atoms with Gasteiger partial charge in [0.25, 0.3) is 0 Å². The average molecular weight is 313 g/mol. The van der Waals surface area contributed by atoms with Crippen molar-refractivity contribution in [3.63, 3.8) is 0 Å². The van der Waals surface area contributed by atoms with E-state index in [0.717, 1.165) is 5.56 Å². The highest BCUT2D eigenvalue weighted by atomic mass is 32.2. The van der Waals surface area contributed by atoms with Crippen LogP contribution in [0.1, 0.15) is 45.6 Å². The Bertz CT molecular complexity index is 576. The van der Waals surface area contributed by atoms with E-state index in [1.807, 2.05) is 13.8 Å². The van der Waals surface area contributed by atoms with Crippen LogP contribution in [-0.4, -0.2) is 36.4 Å². The Morgan fingerprint density at radius 2 is 1.67 bits per heavy atom. The summed E-state index contributed by atoms with van der Waals surface area (Å²) in [6, 6.07) is 6.47. The van der Waals surface area contributed by atoms with E-state index in [9.17, 15) is 13.2 Å². The maximum atomic E-state index is 12.6. The summed E-state index contributed by atoms with van der Waals surface area (Å²) >= 11 is 0. The number of hydrogen-bond donors (Lipinski definition) is 1. The Balaban J connectivity index is 3.07. The zero-order valence-electron chi connectivity index (χ0n) is 12.9. The first kappa shape index (κ1) is 17.7. The second-order valence-electron chi connectivity index (χ2n) is 5.58. The van der Waals surface area contributed by atoms with E-state index in [1.54, 1.807) is 38.1 Å². The molecule has 0 aromatic heterocycles. The molecule has 0 bridgehead atoms. The van der Waals surface area contributed by atoms with Crippen LogP contribution in [0.4, 0.5) is 0 Å². The molecule has 6 heteroatoms. The molecule has 21 heavy (non-hydrogen) atoms. The summed E-state index contributed by atoms with van der Waals surface area (Å²) in [5, 5.41) is 8.76. The van der Waals surface area contributed by atoms with Crippen molar-refractivity contribution in [3.8, 4) is 0 Å². The molecule has 118 valence electrons. The Kier molecular flexibility index (Phi) is 5.92. The van der Waals surface area contributed by atoms with Crippen LogP contribution in [0.5, 0.6) is 0 Å². The van der Waals surface area contributed by atoms with Crippen LogP contribution in [0.25, 0.3) is 0 Å². The predicted molar refractivity (Wildman–Crippen MR) is 81.8 cm³/mol. The molecule has 0 aliphatic heterocycles. The standard InChI is InChI=1S/C15H23NO4S/c1-11(2)13-5-7-14(8-6-13)21(19,20)16(12(3)4)10-9-15(17)18/h5-8,11-12H,9-10H2,1-4H3,(H,17,18). The Morgan fingerprint density at radius 3 is 2.05 bits per heavy atom. The lowest BCUT2D eigenvalue weighted by atomic mass is 10.0. The third-order valence-corrected chi connectivity index (χ3v) is 5.36. The first-order chi connectivity index (χ1) is 9.66. The molecule has 1 aromatic carbocycles. The quantitative estimate of drug-likeness (QED) is 0.840. The van der Waals surface area contributed by atoms with Gasteiger partial charge in [-0.05, 0) is 37.5 Å². The van der Waals surface area contributed by atoms with E-state index in [2.05, 4.69) is 0 Å². The molecule has 0 radical (unpaired) electrons. The number of carboxylic acid groups (broad SMARTS) is 1. The minimum Gasteiger partial charge on any atom is -0.481 e. The SMILES string of the molecule is CC(C)c1ccc(S(=O)(=O)N(CCC(=O)O)C(C)C)cc1. The summed E-state index contributed by atoms with van der Waals surface area (Å²) in [7, 11) is -3.67. The molecule has 0 saturated heterocycles. The molecule has 0 spiro atoms. The molecular formula is C15H23NO4S. The summed E-state index contributed by atoms with van der Waals surface area (Å²) in [4.78, 5) is 10.9. The summed E-state index contributed by atoms with van der Waals surface area (Å²) in [5.74, 6) is -0.680. The lowest BCUT2D eigenvalue weighted by Crippen LogP contribution is -2.38. The van der Waals surface area contributed by atoms with Gasteiger partial charge in [0.2, 0.25) is 10.0 Å². The summed E-state index contributed by atoms with van der Waals surface area (Å²) in [6.45, 7) is 7.53. The molecule has 0 aliphatic rings. The molecule has 0 atom stereocenters. The fraction of sp³-hybridized carbons (Fsp3) is 0.533. The number of carbonyl (C=O) groups is 1. The average Bonchev–Trinajstić information content (AvgIpc) is 2.37. The minimum absolute atomic E-state index is 0.0265. The first-order valence-corrected chi connectivity index (χ1v) is 8.44. The molecule has 1 aromatic rings. The molecule has 0 saturated carbocycles. The zero-order valence-corrected chi connectivity index (χ0v) is 13.7. The topological polar surface area (TPSA) is 74.7 Å². The monoisotopic (exact) mass is 313 g/mol. The Morgan fingerprint density at radius 1 is 1.14 bits per heavy atom. The number of aliphatic carboxylic acids is 1. The van der Waals surface area contributed by atoms with Crippen LogP contribution in [0.3, 0.4) is 0 Å². The van der Waals surface area contributed by atoms with Crippen molar-refractivity contribution in [3.05, 3.63) is 29.8 Å². The molecule has 0 amide bonds. The third kappa shape index (κ3) is 4.54. The van der Waals surface area contributed by atoms with E-state index in [0.29, 0.717) is 5.92 Å². The number of rotatable bonds is 7. The summed E-state index contributed by atoms with van der Waals surface area (Å²) in [6.07, 6.45) is -0.207. The number of nitrogens with zero attached hydrogens (tertiary/aromatic N) is 1. The van der Waals surface area contributed by atoms with Gasteiger partial charge >= 0.3 is 5.97 Å². The molecule has 0 heterocycles. The minimum atomic E-state index is -3.67. The van der Waals surface area contributed by atoms with Gasteiger partial charge in [0.1, 0.15) is 0 Å². The molecular weight excluding hydrogens is 290 g/mol. The molecule has 0 unspecified atom stereocenters. The maximum absolute atomic E-state index is 12.6. The smallest absolute Gasteiger partial charge is 0.304 e. The lowest BCUT2D eigenvalue weighted by Gasteiger charge is -2.25. The largest absolute Gasteiger partial charge is 0.481 e. The molecule has 0 aliphatic carbocycles. The van der Waals surface area contributed by atoms with E-state index in [-0.39, 0.29) is 23.9 Å².